The van der Waals surface area contributed by atoms with Gasteiger partial charge in [-0.1, -0.05) is 6.92 Å². The fraction of sp³-hybridized carbons (Fsp3) is 0.875. The number of carboxylic acids is 1. The maximum absolute atomic E-state index is 10.7. The van der Waals surface area contributed by atoms with Gasteiger partial charge in [0.25, 0.3) is 0 Å². The molecule has 0 aromatic carbocycles. The van der Waals surface area contributed by atoms with Crippen LogP contribution >= 0.6 is 0 Å². The summed E-state index contributed by atoms with van der Waals surface area (Å²) < 4.78 is 5.25. The van der Waals surface area contributed by atoms with E-state index in [1.54, 1.807) is 13.8 Å². The highest BCUT2D eigenvalue weighted by Gasteiger charge is 2.32. The quantitative estimate of drug-likeness (QED) is 0.680. The van der Waals surface area contributed by atoms with E-state index in [-0.39, 0.29) is 6.10 Å². The second-order valence-corrected chi connectivity index (χ2v) is 3.06. The minimum absolute atomic E-state index is 0.0453. The third-order valence-electron chi connectivity index (χ3n) is 1.62. The molecule has 3 nitrogen and oxygen atoms in total. The lowest BCUT2D eigenvalue weighted by atomic mass is 10.0. The number of carboxylic acid groups (broad SMARTS) is 1. The van der Waals surface area contributed by atoms with Gasteiger partial charge in [-0.15, -0.1) is 0 Å². The van der Waals surface area contributed by atoms with Crippen LogP contribution in [0.25, 0.3) is 0 Å². The van der Waals surface area contributed by atoms with Crippen LogP contribution in [0.4, 0.5) is 0 Å². The minimum atomic E-state index is -1.02. The van der Waals surface area contributed by atoms with Gasteiger partial charge in [0.05, 0.1) is 6.10 Å². The highest BCUT2D eigenvalue weighted by molar-refractivity contribution is 5.76. The van der Waals surface area contributed by atoms with Crippen LogP contribution in [-0.2, 0) is 9.53 Å². The summed E-state index contributed by atoms with van der Waals surface area (Å²) in [6.45, 7) is 7.06. The summed E-state index contributed by atoms with van der Waals surface area (Å²) in [6, 6.07) is 0. The molecule has 11 heavy (non-hydrogen) atoms. The van der Waals surface area contributed by atoms with E-state index in [0.29, 0.717) is 6.42 Å². The molecule has 0 heterocycles. The molecular formula is C8H16O3. The third-order valence-corrected chi connectivity index (χ3v) is 1.62. The SMILES string of the molecule is CCC(C)(OC(C)C)C(=O)O. The van der Waals surface area contributed by atoms with Gasteiger partial charge in [0, 0.05) is 0 Å². The van der Waals surface area contributed by atoms with E-state index in [0.717, 1.165) is 0 Å². The summed E-state index contributed by atoms with van der Waals surface area (Å²) in [5.74, 6) is -0.895. The van der Waals surface area contributed by atoms with E-state index in [1.807, 2.05) is 13.8 Å². The smallest absolute Gasteiger partial charge is 0.335 e. The number of carbonyl (C=O) groups is 1. The number of hydrogen-bond acceptors (Lipinski definition) is 2. The molecule has 0 aliphatic rings. The molecule has 0 saturated carbocycles. The Labute approximate surface area is 67.4 Å². The lowest BCUT2D eigenvalue weighted by Gasteiger charge is -2.25. The van der Waals surface area contributed by atoms with Gasteiger partial charge in [0.1, 0.15) is 0 Å². The zero-order valence-corrected chi connectivity index (χ0v) is 7.55. The molecule has 0 aliphatic carbocycles. The summed E-state index contributed by atoms with van der Waals surface area (Å²) in [5.41, 5.74) is -1.02. The first-order valence-corrected chi connectivity index (χ1v) is 3.83. The normalized spacial score (nSPS) is 16.5. The molecule has 1 atom stereocenters. The molecule has 0 aromatic heterocycles. The topological polar surface area (TPSA) is 46.5 Å². The first-order chi connectivity index (χ1) is 4.92. The van der Waals surface area contributed by atoms with E-state index in [1.165, 1.54) is 0 Å². The summed E-state index contributed by atoms with van der Waals surface area (Å²) in [7, 11) is 0. The van der Waals surface area contributed by atoms with E-state index >= 15 is 0 Å². The number of hydrogen-bond donors (Lipinski definition) is 1. The minimum Gasteiger partial charge on any atom is -0.479 e. The number of rotatable bonds is 4. The maximum Gasteiger partial charge on any atom is 0.335 e. The van der Waals surface area contributed by atoms with Crippen LogP contribution in [0, 0.1) is 0 Å². The highest BCUT2D eigenvalue weighted by atomic mass is 16.5. The van der Waals surface area contributed by atoms with Gasteiger partial charge in [-0.3, -0.25) is 0 Å². The van der Waals surface area contributed by atoms with Gasteiger partial charge in [-0.25, -0.2) is 4.79 Å². The Morgan fingerprint density at radius 2 is 2.09 bits per heavy atom. The molecular weight excluding hydrogens is 144 g/mol. The molecule has 1 unspecified atom stereocenters. The Morgan fingerprint density at radius 3 is 2.18 bits per heavy atom. The van der Waals surface area contributed by atoms with Gasteiger partial charge in [0.15, 0.2) is 5.60 Å². The molecule has 0 amide bonds. The Balaban J connectivity index is 4.22. The van der Waals surface area contributed by atoms with Crippen LogP contribution in [-0.4, -0.2) is 22.8 Å². The summed E-state index contributed by atoms with van der Waals surface area (Å²) in [5, 5.41) is 8.76. The molecule has 66 valence electrons. The van der Waals surface area contributed by atoms with Crippen molar-refractivity contribution in [3.05, 3.63) is 0 Å². The number of aliphatic carboxylic acids is 1. The van der Waals surface area contributed by atoms with Crippen LogP contribution in [0.2, 0.25) is 0 Å². The summed E-state index contributed by atoms with van der Waals surface area (Å²) >= 11 is 0. The molecule has 0 aromatic rings. The second-order valence-electron chi connectivity index (χ2n) is 3.06. The van der Waals surface area contributed by atoms with E-state index < -0.39 is 11.6 Å². The molecule has 0 rings (SSSR count). The number of ether oxygens (including phenoxy) is 1. The third kappa shape index (κ3) is 2.89. The van der Waals surface area contributed by atoms with Gasteiger partial charge in [-0.2, -0.15) is 0 Å². The van der Waals surface area contributed by atoms with Crippen LogP contribution < -0.4 is 0 Å². The largest absolute Gasteiger partial charge is 0.479 e. The van der Waals surface area contributed by atoms with Gasteiger partial charge in [0.2, 0.25) is 0 Å². The van der Waals surface area contributed by atoms with Crippen LogP contribution in [0.3, 0.4) is 0 Å². The van der Waals surface area contributed by atoms with Crippen molar-refractivity contribution in [3.63, 3.8) is 0 Å². The average Bonchev–Trinajstić information content (AvgIpc) is 1.86. The summed E-state index contributed by atoms with van der Waals surface area (Å²) in [4.78, 5) is 10.7. The van der Waals surface area contributed by atoms with Crippen molar-refractivity contribution in [3.8, 4) is 0 Å². The molecule has 0 saturated heterocycles. The van der Waals surface area contributed by atoms with Gasteiger partial charge < -0.3 is 9.84 Å². The van der Waals surface area contributed by atoms with Crippen molar-refractivity contribution in [2.24, 2.45) is 0 Å². The van der Waals surface area contributed by atoms with Crippen molar-refractivity contribution < 1.29 is 14.6 Å². The molecule has 0 fully saturated rings. The zero-order chi connectivity index (χ0) is 9.07. The molecule has 0 radical (unpaired) electrons. The van der Waals surface area contributed by atoms with E-state index in [2.05, 4.69) is 0 Å². The van der Waals surface area contributed by atoms with Crippen LogP contribution in [0.15, 0.2) is 0 Å². The van der Waals surface area contributed by atoms with E-state index in [4.69, 9.17) is 9.84 Å². The maximum atomic E-state index is 10.7. The Bertz CT molecular complexity index is 142. The molecule has 0 bridgehead atoms. The van der Waals surface area contributed by atoms with Crippen LogP contribution in [0.5, 0.6) is 0 Å². The molecule has 1 N–H and O–H groups in total. The highest BCUT2D eigenvalue weighted by Crippen LogP contribution is 2.17. The van der Waals surface area contributed by atoms with Gasteiger partial charge in [-0.05, 0) is 27.2 Å². The second kappa shape index (κ2) is 3.72. The molecule has 3 heteroatoms. The monoisotopic (exact) mass is 160 g/mol. The standard InChI is InChI=1S/C8H16O3/c1-5-8(4,7(9)10)11-6(2)3/h6H,5H2,1-4H3,(H,9,10). The first-order valence-electron chi connectivity index (χ1n) is 3.83. The average molecular weight is 160 g/mol. The lowest BCUT2D eigenvalue weighted by molar-refractivity contribution is -0.169. The predicted octanol–water partition coefficient (Wildman–Crippen LogP) is 1.66. The molecule has 0 spiro atoms. The zero-order valence-electron chi connectivity index (χ0n) is 7.55. The Hall–Kier alpha value is -0.570. The fourth-order valence-corrected chi connectivity index (χ4v) is 0.805. The van der Waals surface area contributed by atoms with Crippen molar-refractivity contribution in [1.29, 1.82) is 0 Å². The van der Waals surface area contributed by atoms with Crippen LogP contribution in [0.1, 0.15) is 34.1 Å². The van der Waals surface area contributed by atoms with Gasteiger partial charge >= 0.3 is 5.97 Å². The fourth-order valence-electron chi connectivity index (χ4n) is 0.805. The van der Waals surface area contributed by atoms with Crippen molar-refractivity contribution in [2.45, 2.75) is 45.8 Å². The first kappa shape index (κ1) is 10.4. The van der Waals surface area contributed by atoms with Crippen molar-refractivity contribution in [1.82, 2.24) is 0 Å². The molecule has 0 aliphatic heterocycles. The predicted molar refractivity (Wildman–Crippen MR) is 42.6 cm³/mol. The Morgan fingerprint density at radius 1 is 1.64 bits per heavy atom. The lowest BCUT2D eigenvalue weighted by Crippen LogP contribution is -2.39. The Kier molecular flexibility index (Phi) is 3.52. The summed E-state index contributed by atoms with van der Waals surface area (Å²) in [6.07, 6.45) is 0.441. The van der Waals surface area contributed by atoms with Crippen molar-refractivity contribution in [2.75, 3.05) is 0 Å². The van der Waals surface area contributed by atoms with Crippen molar-refractivity contribution >= 4 is 5.97 Å². The van der Waals surface area contributed by atoms with E-state index in [9.17, 15) is 4.79 Å².